The molecule has 0 aliphatic rings. The van der Waals surface area contributed by atoms with Crippen molar-refractivity contribution in [1.29, 1.82) is 0 Å². The van der Waals surface area contributed by atoms with Crippen LogP contribution in [-0.2, 0) is 14.3 Å². The molecule has 0 spiro atoms. The summed E-state index contributed by atoms with van der Waals surface area (Å²) in [6.07, 6.45) is -8.86. The monoisotopic (exact) mass is 544 g/mol. The van der Waals surface area contributed by atoms with E-state index < -0.39 is 85.9 Å². The largest absolute Gasteiger partial charge is 0.489 e. The third kappa shape index (κ3) is 5.25. The van der Waals surface area contributed by atoms with Crippen molar-refractivity contribution in [3.8, 4) is 0 Å². The lowest BCUT2D eigenvalue weighted by Crippen LogP contribution is -2.72. The van der Waals surface area contributed by atoms with Crippen LogP contribution in [0, 0.1) is 0 Å². The number of alkyl halides is 15. The Balaban J connectivity index is 6.52. The molecule has 0 heterocycles. The summed E-state index contributed by atoms with van der Waals surface area (Å²) in [6.45, 7) is -3.69. The minimum atomic E-state index is -8.51. The van der Waals surface area contributed by atoms with Gasteiger partial charge in [-0.1, -0.05) is 0 Å². The molecule has 0 fully saturated rings. The Bertz CT molecular complexity index is 744. The standard InChI is InChI=1S/C14H11F15O5/c15-8(16,6(5-7(31)32)34-4-3-33-2-1-30)9(17,18)10(19,20)11(21,22)12(23,24)13(25,26)14(27,28)29/h5,30H,1-4H2,(H,31,32)/b6-5-. The second-order valence-corrected chi connectivity index (χ2v) is 5.98. The van der Waals surface area contributed by atoms with Gasteiger partial charge in [0.25, 0.3) is 0 Å². The summed E-state index contributed by atoms with van der Waals surface area (Å²) in [6, 6.07) is 0. The number of halogens is 15. The van der Waals surface area contributed by atoms with Crippen LogP contribution in [0.1, 0.15) is 0 Å². The van der Waals surface area contributed by atoms with E-state index in [0.717, 1.165) is 0 Å². The molecule has 0 bridgehead atoms. The highest BCUT2D eigenvalue weighted by Crippen LogP contribution is 2.63. The zero-order chi connectivity index (χ0) is 27.6. The number of rotatable bonds is 13. The summed E-state index contributed by atoms with van der Waals surface area (Å²) in [4.78, 5) is 10.5. The summed E-state index contributed by atoms with van der Waals surface area (Å²) < 4.78 is 206. The number of carboxylic acid groups (broad SMARTS) is 1. The fraction of sp³-hybridized carbons (Fsp3) is 0.786. The molecule has 0 aromatic carbocycles. The number of aliphatic hydroxyl groups is 1. The number of hydrogen-bond acceptors (Lipinski definition) is 4. The van der Waals surface area contributed by atoms with Gasteiger partial charge in [-0.25, -0.2) is 4.79 Å². The number of aliphatic carboxylic acids is 1. The fourth-order valence-corrected chi connectivity index (χ4v) is 1.83. The van der Waals surface area contributed by atoms with E-state index in [1.165, 1.54) is 0 Å². The van der Waals surface area contributed by atoms with E-state index in [1.54, 1.807) is 0 Å². The average Bonchev–Trinajstić information content (AvgIpc) is 2.64. The van der Waals surface area contributed by atoms with Gasteiger partial charge in [0.15, 0.2) is 5.76 Å². The quantitative estimate of drug-likeness (QED) is 0.156. The van der Waals surface area contributed by atoms with Gasteiger partial charge in [-0.05, 0) is 0 Å². The summed E-state index contributed by atoms with van der Waals surface area (Å²) in [5.74, 6) is -54.2. The van der Waals surface area contributed by atoms with E-state index in [-0.39, 0.29) is 0 Å². The molecule has 0 radical (unpaired) electrons. The summed E-state index contributed by atoms with van der Waals surface area (Å²) in [5.41, 5.74) is 0. The van der Waals surface area contributed by atoms with Crippen LogP contribution in [0.2, 0.25) is 0 Å². The summed E-state index contributed by atoms with van der Waals surface area (Å²) >= 11 is 0. The van der Waals surface area contributed by atoms with Crippen molar-refractivity contribution >= 4 is 5.97 Å². The van der Waals surface area contributed by atoms with Crippen LogP contribution in [-0.4, -0.2) is 84.3 Å². The zero-order valence-electron chi connectivity index (χ0n) is 15.7. The second-order valence-electron chi connectivity index (χ2n) is 5.98. The van der Waals surface area contributed by atoms with Crippen LogP contribution >= 0.6 is 0 Å². The van der Waals surface area contributed by atoms with Crippen molar-refractivity contribution in [3.63, 3.8) is 0 Å². The van der Waals surface area contributed by atoms with Gasteiger partial charge >= 0.3 is 47.7 Å². The molecule has 0 aromatic heterocycles. The predicted octanol–water partition coefficient (Wildman–Crippen LogP) is 4.35. The normalized spacial score (nSPS) is 15.5. The maximum atomic E-state index is 14.0. The Morgan fingerprint density at radius 2 is 1.06 bits per heavy atom. The molecule has 0 rings (SSSR count). The van der Waals surface area contributed by atoms with Gasteiger partial charge in [0.1, 0.15) is 6.61 Å². The molecule has 34 heavy (non-hydrogen) atoms. The Labute approximate surface area is 177 Å². The van der Waals surface area contributed by atoms with Crippen molar-refractivity contribution in [2.75, 3.05) is 26.4 Å². The highest BCUT2D eigenvalue weighted by Gasteiger charge is 2.93. The Kier molecular flexibility index (Phi) is 9.24. The first-order valence-electron chi connectivity index (χ1n) is 7.98. The van der Waals surface area contributed by atoms with Gasteiger partial charge in [0, 0.05) is 0 Å². The molecule has 202 valence electrons. The number of carboxylic acids is 1. The molecular formula is C14H11F15O5. The van der Waals surface area contributed by atoms with Crippen molar-refractivity contribution < 1.29 is 90.3 Å². The number of allylic oxidation sites excluding steroid dienone is 1. The van der Waals surface area contributed by atoms with Gasteiger partial charge in [0.2, 0.25) is 0 Å². The van der Waals surface area contributed by atoms with Crippen LogP contribution in [0.4, 0.5) is 65.9 Å². The predicted molar refractivity (Wildman–Crippen MR) is 75.3 cm³/mol. The SMILES string of the molecule is O=C(O)/C=C(\OCCOCCO)C(F)(F)C(F)(F)C(F)(F)C(F)(F)C(F)(F)C(F)(F)C(F)(F)F. The highest BCUT2D eigenvalue weighted by atomic mass is 19.4. The summed E-state index contributed by atoms with van der Waals surface area (Å²) in [5, 5.41) is 16.7. The average molecular weight is 544 g/mol. The van der Waals surface area contributed by atoms with Crippen LogP contribution in [0.5, 0.6) is 0 Å². The van der Waals surface area contributed by atoms with Crippen molar-refractivity contribution in [2.24, 2.45) is 0 Å². The molecule has 0 saturated heterocycles. The van der Waals surface area contributed by atoms with Crippen LogP contribution < -0.4 is 0 Å². The lowest BCUT2D eigenvalue weighted by atomic mass is 9.90. The van der Waals surface area contributed by atoms with Gasteiger partial charge in [-0.2, -0.15) is 65.9 Å². The van der Waals surface area contributed by atoms with E-state index >= 15 is 0 Å². The molecule has 0 unspecified atom stereocenters. The molecule has 20 heteroatoms. The molecule has 0 aromatic rings. The highest BCUT2D eigenvalue weighted by molar-refractivity contribution is 5.80. The molecule has 0 atom stereocenters. The van der Waals surface area contributed by atoms with Crippen molar-refractivity contribution in [2.45, 2.75) is 41.7 Å². The number of carbonyl (C=O) groups is 1. The fourth-order valence-electron chi connectivity index (χ4n) is 1.83. The summed E-state index contributed by atoms with van der Waals surface area (Å²) in [7, 11) is 0. The van der Waals surface area contributed by atoms with E-state index in [4.69, 9.17) is 10.2 Å². The van der Waals surface area contributed by atoms with Crippen LogP contribution in [0.25, 0.3) is 0 Å². The van der Waals surface area contributed by atoms with Crippen molar-refractivity contribution in [3.05, 3.63) is 11.8 Å². The molecule has 0 aliphatic heterocycles. The molecule has 0 saturated carbocycles. The lowest BCUT2D eigenvalue weighted by Gasteiger charge is -2.41. The van der Waals surface area contributed by atoms with E-state index in [1.807, 2.05) is 0 Å². The minimum Gasteiger partial charge on any atom is -0.489 e. The third-order valence-electron chi connectivity index (χ3n) is 3.61. The van der Waals surface area contributed by atoms with Gasteiger partial charge in [0.05, 0.1) is 25.9 Å². The smallest absolute Gasteiger partial charge is 0.460 e. The third-order valence-corrected chi connectivity index (χ3v) is 3.61. The van der Waals surface area contributed by atoms with Gasteiger partial charge in [-0.15, -0.1) is 0 Å². The number of hydrogen-bond donors (Lipinski definition) is 2. The molecule has 5 nitrogen and oxygen atoms in total. The molecule has 2 N–H and O–H groups in total. The van der Waals surface area contributed by atoms with Crippen LogP contribution in [0.15, 0.2) is 11.8 Å². The molecule has 0 amide bonds. The Hall–Kier alpha value is -2.12. The first-order valence-corrected chi connectivity index (χ1v) is 7.98. The zero-order valence-corrected chi connectivity index (χ0v) is 15.7. The molecular weight excluding hydrogens is 533 g/mol. The van der Waals surface area contributed by atoms with Crippen LogP contribution in [0.3, 0.4) is 0 Å². The number of ether oxygens (including phenoxy) is 2. The lowest BCUT2D eigenvalue weighted by molar-refractivity contribution is -0.451. The van der Waals surface area contributed by atoms with Gasteiger partial charge in [-0.3, -0.25) is 0 Å². The molecule has 0 aliphatic carbocycles. The van der Waals surface area contributed by atoms with E-state index in [9.17, 15) is 70.7 Å². The maximum absolute atomic E-state index is 14.0. The van der Waals surface area contributed by atoms with E-state index in [2.05, 4.69) is 9.47 Å². The van der Waals surface area contributed by atoms with Crippen molar-refractivity contribution in [1.82, 2.24) is 0 Å². The van der Waals surface area contributed by atoms with E-state index in [0.29, 0.717) is 0 Å². The number of aliphatic hydroxyl groups excluding tert-OH is 1. The topological polar surface area (TPSA) is 76.0 Å². The first kappa shape index (κ1) is 31.9. The maximum Gasteiger partial charge on any atom is 0.460 e. The minimum absolute atomic E-state index is 0.569. The van der Waals surface area contributed by atoms with Gasteiger partial charge < -0.3 is 19.7 Å². The second kappa shape index (κ2) is 9.86. The Morgan fingerprint density at radius 3 is 1.44 bits per heavy atom. The Morgan fingerprint density at radius 1 is 0.647 bits per heavy atom. The first-order chi connectivity index (χ1) is 14.9.